The Morgan fingerprint density at radius 3 is 2.52 bits per heavy atom. The molecule has 0 atom stereocenters. The molecule has 2 rings (SSSR count). The van der Waals surface area contributed by atoms with Gasteiger partial charge in [-0.3, -0.25) is 4.79 Å². The van der Waals surface area contributed by atoms with Crippen LogP contribution in [-0.4, -0.2) is 12.5 Å². The fourth-order valence-corrected chi connectivity index (χ4v) is 2.51. The number of carbonyl (C=O) groups excluding carboxylic acids is 1. The van der Waals surface area contributed by atoms with Gasteiger partial charge in [0.2, 0.25) is 0 Å². The summed E-state index contributed by atoms with van der Waals surface area (Å²) in [7, 11) is 0. The van der Waals surface area contributed by atoms with Crippen molar-refractivity contribution in [3.63, 3.8) is 0 Å². The maximum Gasteiger partial charge on any atom is 0.262 e. The predicted octanol–water partition coefficient (Wildman–Crippen LogP) is 5.43. The first-order valence-electron chi connectivity index (χ1n) is 5.78. The molecule has 0 radical (unpaired) electrons. The third kappa shape index (κ3) is 4.78. The van der Waals surface area contributed by atoms with Crippen LogP contribution in [0.15, 0.2) is 40.9 Å². The zero-order valence-electron chi connectivity index (χ0n) is 10.5. The van der Waals surface area contributed by atoms with Crippen molar-refractivity contribution in [2.75, 3.05) is 11.9 Å². The van der Waals surface area contributed by atoms with E-state index in [0.29, 0.717) is 26.5 Å². The highest BCUT2D eigenvalue weighted by Gasteiger charge is 2.09. The number of anilines is 1. The smallest absolute Gasteiger partial charge is 0.262 e. The van der Waals surface area contributed by atoms with Crippen LogP contribution in [0, 0.1) is 0 Å². The molecule has 0 heterocycles. The molecular weight excluding hydrogens is 400 g/mol. The quantitative estimate of drug-likeness (QED) is 0.684. The highest BCUT2D eigenvalue weighted by molar-refractivity contribution is 9.10. The molecule has 7 heteroatoms. The first-order valence-corrected chi connectivity index (χ1v) is 7.71. The van der Waals surface area contributed by atoms with Crippen molar-refractivity contribution >= 4 is 62.3 Å². The van der Waals surface area contributed by atoms with E-state index in [9.17, 15) is 4.79 Å². The van der Waals surface area contributed by atoms with Crippen LogP contribution >= 0.6 is 50.7 Å². The minimum absolute atomic E-state index is 0.190. The third-order valence-electron chi connectivity index (χ3n) is 2.44. The molecule has 1 N–H and O–H groups in total. The van der Waals surface area contributed by atoms with Gasteiger partial charge in [-0.25, -0.2) is 0 Å². The standard InChI is InChI=1S/C14H9BrCl3NO2/c15-8-2-1-3-9(4-8)19-14(20)7-21-13-6-11(17)10(16)5-12(13)18/h1-6H,7H2,(H,19,20). The SMILES string of the molecule is O=C(COc1cc(Cl)c(Cl)cc1Cl)Nc1cccc(Br)c1. The van der Waals surface area contributed by atoms with Gasteiger partial charge in [-0.05, 0) is 24.3 Å². The Hall–Kier alpha value is -0.940. The van der Waals surface area contributed by atoms with Crippen LogP contribution in [0.25, 0.3) is 0 Å². The summed E-state index contributed by atoms with van der Waals surface area (Å²) in [5.74, 6) is -0.00861. The molecule has 0 fully saturated rings. The summed E-state index contributed by atoms with van der Waals surface area (Å²) in [6.45, 7) is -0.190. The van der Waals surface area contributed by atoms with Gasteiger partial charge in [-0.1, -0.05) is 56.8 Å². The lowest BCUT2D eigenvalue weighted by Crippen LogP contribution is -2.20. The Balaban J connectivity index is 1.97. The highest BCUT2D eigenvalue weighted by Crippen LogP contribution is 2.33. The molecule has 0 unspecified atom stereocenters. The van der Waals surface area contributed by atoms with Crippen LogP contribution < -0.4 is 10.1 Å². The molecule has 0 saturated carbocycles. The maximum atomic E-state index is 11.8. The second-order valence-corrected chi connectivity index (χ2v) is 6.18. The second kappa shape index (κ2) is 7.36. The fraction of sp³-hybridized carbons (Fsp3) is 0.0714. The van der Waals surface area contributed by atoms with Crippen LogP contribution in [-0.2, 0) is 4.79 Å². The highest BCUT2D eigenvalue weighted by atomic mass is 79.9. The normalized spacial score (nSPS) is 10.3. The summed E-state index contributed by atoms with van der Waals surface area (Å²) in [6, 6.07) is 10.2. The van der Waals surface area contributed by atoms with Crippen molar-refractivity contribution in [2.45, 2.75) is 0 Å². The third-order valence-corrected chi connectivity index (χ3v) is 3.95. The number of amides is 1. The molecule has 21 heavy (non-hydrogen) atoms. The molecule has 0 saturated heterocycles. The number of rotatable bonds is 4. The molecule has 3 nitrogen and oxygen atoms in total. The number of hydrogen-bond acceptors (Lipinski definition) is 2. The van der Waals surface area contributed by atoms with Gasteiger partial charge in [-0.15, -0.1) is 0 Å². The molecule has 110 valence electrons. The van der Waals surface area contributed by atoms with Crippen molar-refractivity contribution in [3.8, 4) is 5.75 Å². The minimum Gasteiger partial charge on any atom is -0.482 e. The van der Waals surface area contributed by atoms with E-state index in [-0.39, 0.29) is 12.5 Å². The maximum absolute atomic E-state index is 11.8. The number of ether oxygens (including phenoxy) is 1. The van der Waals surface area contributed by atoms with Gasteiger partial charge < -0.3 is 10.1 Å². The summed E-state index contributed by atoms with van der Waals surface area (Å²) >= 11 is 21.0. The zero-order valence-corrected chi connectivity index (χ0v) is 14.4. The predicted molar refractivity (Wildman–Crippen MR) is 89.7 cm³/mol. The molecule has 0 bridgehead atoms. The Kier molecular flexibility index (Phi) is 5.76. The van der Waals surface area contributed by atoms with Crippen LogP contribution in [0.3, 0.4) is 0 Å². The van der Waals surface area contributed by atoms with Gasteiger partial charge in [0.1, 0.15) is 5.75 Å². The average Bonchev–Trinajstić information content (AvgIpc) is 2.41. The number of halogens is 4. The average molecular weight is 409 g/mol. The summed E-state index contributed by atoms with van der Waals surface area (Å²) in [5, 5.41) is 3.63. The first kappa shape index (κ1) is 16.4. The largest absolute Gasteiger partial charge is 0.482 e. The van der Waals surface area contributed by atoms with Crippen LogP contribution in [0.4, 0.5) is 5.69 Å². The number of nitrogens with one attached hydrogen (secondary N) is 1. The van der Waals surface area contributed by atoms with Crippen LogP contribution in [0.5, 0.6) is 5.75 Å². The molecule has 0 aliphatic rings. The van der Waals surface area contributed by atoms with Gasteiger partial charge in [0.05, 0.1) is 15.1 Å². The molecule has 2 aromatic rings. The second-order valence-electron chi connectivity index (χ2n) is 4.04. The van der Waals surface area contributed by atoms with Crippen molar-refractivity contribution in [1.82, 2.24) is 0 Å². The lowest BCUT2D eigenvalue weighted by molar-refractivity contribution is -0.118. The topological polar surface area (TPSA) is 38.3 Å². The number of benzene rings is 2. The first-order chi connectivity index (χ1) is 9.95. The van der Waals surface area contributed by atoms with Crippen LogP contribution in [0.2, 0.25) is 15.1 Å². The van der Waals surface area contributed by atoms with E-state index in [4.69, 9.17) is 39.5 Å². The fourth-order valence-electron chi connectivity index (χ4n) is 1.52. The van der Waals surface area contributed by atoms with Crippen molar-refractivity contribution < 1.29 is 9.53 Å². The van der Waals surface area contributed by atoms with Crippen molar-refractivity contribution in [1.29, 1.82) is 0 Å². The number of hydrogen-bond donors (Lipinski definition) is 1. The van der Waals surface area contributed by atoms with E-state index < -0.39 is 0 Å². The van der Waals surface area contributed by atoms with E-state index in [0.717, 1.165) is 4.47 Å². The van der Waals surface area contributed by atoms with E-state index in [2.05, 4.69) is 21.2 Å². The minimum atomic E-state index is -0.310. The van der Waals surface area contributed by atoms with E-state index in [1.54, 1.807) is 12.1 Å². The summed E-state index contributed by atoms with van der Waals surface area (Å²) in [6.07, 6.45) is 0. The number of carbonyl (C=O) groups is 1. The van der Waals surface area contributed by atoms with E-state index in [1.807, 2.05) is 12.1 Å². The Labute approximate surface area is 145 Å². The molecule has 1 amide bonds. The van der Waals surface area contributed by atoms with Crippen LogP contribution in [0.1, 0.15) is 0 Å². The monoisotopic (exact) mass is 407 g/mol. The molecule has 0 aromatic heterocycles. The molecule has 2 aromatic carbocycles. The van der Waals surface area contributed by atoms with Gasteiger partial charge in [0, 0.05) is 16.2 Å². The lowest BCUT2D eigenvalue weighted by Gasteiger charge is -2.10. The molecule has 0 aliphatic carbocycles. The van der Waals surface area contributed by atoms with E-state index in [1.165, 1.54) is 12.1 Å². The summed E-state index contributed by atoms with van der Waals surface area (Å²) < 4.78 is 6.21. The summed E-state index contributed by atoms with van der Waals surface area (Å²) in [5.41, 5.74) is 0.665. The molecule has 0 aliphatic heterocycles. The molecule has 0 spiro atoms. The molecular formula is C14H9BrCl3NO2. The van der Waals surface area contributed by atoms with Crippen molar-refractivity contribution in [3.05, 3.63) is 55.9 Å². The van der Waals surface area contributed by atoms with Gasteiger partial charge in [0.25, 0.3) is 5.91 Å². The van der Waals surface area contributed by atoms with Gasteiger partial charge >= 0.3 is 0 Å². The van der Waals surface area contributed by atoms with Gasteiger partial charge in [0.15, 0.2) is 6.61 Å². The zero-order chi connectivity index (χ0) is 15.4. The van der Waals surface area contributed by atoms with Crippen molar-refractivity contribution in [2.24, 2.45) is 0 Å². The summed E-state index contributed by atoms with van der Waals surface area (Å²) in [4.78, 5) is 11.8. The lowest BCUT2D eigenvalue weighted by atomic mass is 10.3. The van der Waals surface area contributed by atoms with E-state index >= 15 is 0 Å². The van der Waals surface area contributed by atoms with Gasteiger partial charge in [-0.2, -0.15) is 0 Å². The Bertz CT molecular complexity index is 679. The Morgan fingerprint density at radius 1 is 1.10 bits per heavy atom. The Morgan fingerprint density at radius 2 is 1.81 bits per heavy atom.